The zero-order valence-corrected chi connectivity index (χ0v) is 42.0. The number of likely N-dealkylation sites (N-methyl/N-ethyl adjacent to an activating group) is 1. The van der Waals surface area contributed by atoms with Crippen molar-refractivity contribution in [2.75, 3.05) is 40.3 Å². The van der Waals surface area contributed by atoms with E-state index in [-0.39, 0.29) is 62.2 Å². The Morgan fingerprint density at radius 2 is 1.55 bits per heavy atom. The van der Waals surface area contributed by atoms with E-state index in [0.29, 0.717) is 43.5 Å². The minimum absolute atomic E-state index is 0.109. The summed E-state index contributed by atoms with van der Waals surface area (Å²) in [5, 5.41) is 60.7. The summed E-state index contributed by atoms with van der Waals surface area (Å²) in [4.78, 5) is 46.5. The third-order valence-electron chi connectivity index (χ3n) is 15.6. The van der Waals surface area contributed by atoms with Gasteiger partial charge < -0.3 is 49.2 Å². The van der Waals surface area contributed by atoms with Gasteiger partial charge in [-0.05, 0) is 98.2 Å². The zero-order valence-electron chi connectivity index (χ0n) is 42.0. The van der Waals surface area contributed by atoms with Crippen LogP contribution in [0, 0.1) is 36.0 Å². The highest BCUT2D eigenvalue weighted by molar-refractivity contribution is 6.21. The maximum Gasteiger partial charge on any atom is 0.309 e. The summed E-state index contributed by atoms with van der Waals surface area (Å²) in [6.45, 7) is 18.9. The van der Waals surface area contributed by atoms with Crippen molar-refractivity contribution in [2.45, 2.75) is 192 Å². The predicted octanol–water partition coefficient (Wildman–Crippen LogP) is 3.62. The predicted molar refractivity (Wildman–Crippen MR) is 251 cm³/mol. The van der Waals surface area contributed by atoms with Crippen molar-refractivity contribution in [1.82, 2.24) is 14.7 Å². The van der Waals surface area contributed by atoms with Gasteiger partial charge in [0.15, 0.2) is 6.29 Å². The first-order valence-corrected chi connectivity index (χ1v) is 24.4. The molecule has 5 rings (SSSR count). The molecule has 1 aromatic rings. The molecule has 2 amide bonds. The number of rotatable bonds is 12. The summed E-state index contributed by atoms with van der Waals surface area (Å²) < 4.78 is 32.1. The van der Waals surface area contributed by atoms with Crippen molar-refractivity contribution in [1.29, 1.82) is 0 Å². The van der Waals surface area contributed by atoms with Crippen molar-refractivity contribution in [3.05, 3.63) is 35.4 Å². The van der Waals surface area contributed by atoms with Gasteiger partial charge in [-0.2, -0.15) is 0 Å². The fourth-order valence-electron chi connectivity index (χ4n) is 11.7. The Hall–Kier alpha value is -3.05. The van der Waals surface area contributed by atoms with Crippen molar-refractivity contribution in [3.63, 3.8) is 0 Å². The zero-order chi connectivity index (χ0) is 49.9. The van der Waals surface area contributed by atoms with E-state index in [1.165, 1.54) is 18.9 Å². The van der Waals surface area contributed by atoms with Gasteiger partial charge in [-0.1, -0.05) is 39.8 Å². The number of carbonyl (C=O) groups is 3. The number of terminal acetylenes is 1. The molecule has 4 heterocycles. The third kappa shape index (κ3) is 11.8. The second-order valence-corrected chi connectivity index (χ2v) is 20.9. The minimum Gasteiger partial charge on any atom is -0.459 e. The lowest BCUT2D eigenvalue weighted by Crippen LogP contribution is -2.62. The van der Waals surface area contributed by atoms with Crippen LogP contribution < -0.4 is 0 Å². The van der Waals surface area contributed by atoms with E-state index in [2.05, 4.69) is 5.92 Å². The van der Waals surface area contributed by atoms with Crippen LogP contribution in [-0.2, 0) is 28.5 Å². The van der Waals surface area contributed by atoms with Gasteiger partial charge in [0.25, 0.3) is 11.8 Å². The van der Waals surface area contributed by atoms with Gasteiger partial charge >= 0.3 is 5.97 Å². The number of imide groups is 1. The van der Waals surface area contributed by atoms with Gasteiger partial charge in [0.1, 0.15) is 30.0 Å². The summed E-state index contributed by atoms with van der Waals surface area (Å²) >= 11 is 0. The molecule has 1 unspecified atom stereocenters. The Morgan fingerprint density at radius 3 is 2.13 bits per heavy atom. The average molecular weight is 944 g/mol. The number of aliphatic hydroxyl groups is 5. The molecule has 0 bridgehead atoms. The van der Waals surface area contributed by atoms with Crippen LogP contribution in [0.4, 0.5) is 0 Å². The van der Waals surface area contributed by atoms with Crippen LogP contribution in [0.2, 0.25) is 0 Å². The first-order valence-electron chi connectivity index (χ1n) is 24.4. The Balaban J connectivity index is 1.57. The van der Waals surface area contributed by atoms with Crippen molar-refractivity contribution in [2.24, 2.45) is 23.7 Å². The van der Waals surface area contributed by atoms with Gasteiger partial charge in [-0.3, -0.25) is 29.1 Å². The average Bonchev–Trinajstić information content (AvgIpc) is 3.52. The molecule has 378 valence electrons. The third-order valence-corrected chi connectivity index (χ3v) is 15.6. The molecule has 0 radical (unpaired) electrons. The van der Waals surface area contributed by atoms with Crippen LogP contribution in [0.15, 0.2) is 24.3 Å². The van der Waals surface area contributed by atoms with Gasteiger partial charge in [0.05, 0.1) is 52.7 Å². The molecule has 0 aliphatic carbocycles. The first-order chi connectivity index (χ1) is 31.3. The quantitative estimate of drug-likeness (QED) is 0.115. The number of nitrogens with zero attached hydrogens (tertiary/aromatic N) is 3. The van der Waals surface area contributed by atoms with Crippen molar-refractivity contribution in [3.8, 4) is 12.3 Å². The van der Waals surface area contributed by atoms with E-state index in [1.807, 2.05) is 37.6 Å². The van der Waals surface area contributed by atoms with Gasteiger partial charge in [-0.15, -0.1) is 12.3 Å². The largest absolute Gasteiger partial charge is 0.459 e. The molecule has 16 nitrogen and oxygen atoms in total. The number of hydrogen-bond donors (Lipinski definition) is 5. The molecule has 3 fully saturated rings. The Morgan fingerprint density at radius 1 is 0.925 bits per heavy atom. The van der Waals surface area contributed by atoms with E-state index in [9.17, 15) is 39.9 Å². The van der Waals surface area contributed by atoms with E-state index in [0.717, 1.165) is 0 Å². The van der Waals surface area contributed by atoms with E-state index < -0.39 is 95.6 Å². The van der Waals surface area contributed by atoms with Gasteiger partial charge in [-0.25, -0.2) is 0 Å². The lowest BCUT2D eigenvalue weighted by molar-refractivity contribution is -0.302. The fraction of sp³-hybridized carbons (Fsp3) is 0.784. The number of cyclic esters (lactones) is 1. The Bertz CT molecular complexity index is 1860. The molecule has 16 heteroatoms. The molecule has 0 spiro atoms. The second kappa shape index (κ2) is 22.4. The SMILES string of the molecule is C#CCCN(C)[C@H]1C[C@@H](C)O[C@@H](O[C@@H]2[C@@H](C)[C@H](C3C[C@@](C)(OC)[C@@H](O)[C@H](C)O3)[C@@H](C)C(=O)O[C@H](CC)[C@@](C)(O)[C@H](O)[C@@H](C)N(CCCN3C(=O)c4ccccc4C3=O)C[C@H](C)C[C@@]2(C)O)[C@@H]1O. The molecular formula is C51H81N3O13. The van der Waals surface area contributed by atoms with Gasteiger partial charge in [0.2, 0.25) is 0 Å². The first kappa shape index (κ1) is 54.9. The smallest absolute Gasteiger partial charge is 0.309 e. The topological polar surface area (TPSA) is 208 Å². The molecular weight excluding hydrogens is 863 g/mol. The van der Waals surface area contributed by atoms with Crippen LogP contribution >= 0.6 is 0 Å². The van der Waals surface area contributed by atoms with Crippen LogP contribution in [0.5, 0.6) is 0 Å². The number of esters is 1. The number of ether oxygens (including phenoxy) is 5. The van der Waals surface area contributed by atoms with Crippen LogP contribution in [0.1, 0.15) is 128 Å². The lowest BCUT2D eigenvalue weighted by Gasteiger charge is -2.51. The van der Waals surface area contributed by atoms with E-state index >= 15 is 0 Å². The molecule has 67 heavy (non-hydrogen) atoms. The molecule has 4 aliphatic rings. The summed E-state index contributed by atoms with van der Waals surface area (Å²) in [5.74, 6) is -1.54. The molecule has 18 atom stereocenters. The minimum atomic E-state index is -1.95. The number of carbonyl (C=O) groups excluding carboxylic acids is 3. The lowest BCUT2D eigenvalue weighted by atomic mass is 9.68. The number of methoxy groups -OCH3 is 1. The number of amides is 2. The number of benzene rings is 1. The number of aliphatic hydroxyl groups excluding tert-OH is 3. The summed E-state index contributed by atoms with van der Waals surface area (Å²) in [5.41, 5.74) is -4.01. The van der Waals surface area contributed by atoms with Gasteiger partial charge in [0, 0.05) is 64.1 Å². The Labute approximate surface area is 398 Å². The van der Waals surface area contributed by atoms with E-state index in [4.69, 9.17) is 30.1 Å². The molecule has 5 N–H and O–H groups in total. The number of fused-ring (bicyclic) bond motifs is 1. The molecule has 4 aliphatic heterocycles. The highest BCUT2D eigenvalue weighted by Gasteiger charge is 2.55. The van der Waals surface area contributed by atoms with E-state index in [1.54, 1.807) is 65.8 Å². The summed E-state index contributed by atoms with van der Waals surface area (Å²) in [6, 6.07) is 5.57. The molecule has 1 aromatic carbocycles. The van der Waals surface area contributed by atoms with Crippen LogP contribution in [-0.4, -0.2) is 182 Å². The normalized spacial score (nSPS) is 41.9. The maximum absolute atomic E-state index is 14.7. The highest BCUT2D eigenvalue weighted by Crippen LogP contribution is 2.45. The summed E-state index contributed by atoms with van der Waals surface area (Å²) in [7, 11) is 3.41. The molecule has 0 saturated carbocycles. The monoisotopic (exact) mass is 944 g/mol. The molecule has 0 aromatic heterocycles. The van der Waals surface area contributed by atoms with Crippen molar-refractivity contribution < 1.29 is 63.6 Å². The molecule has 3 saturated heterocycles. The number of hydrogen-bond acceptors (Lipinski definition) is 15. The second-order valence-electron chi connectivity index (χ2n) is 20.9. The summed E-state index contributed by atoms with van der Waals surface area (Å²) in [6.07, 6.45) is -1.54. The van der Waals surface area contributed by atoms with Crippen LogP contribution in [0.3, 0.4) is 0 Å². The van der Waals surface area contributed by atoms with Crippen LogP contribution in [0.25, 0.3) is 0 Å². The Kier molecular flexibility index (Phi) is 18.3. The van der Waals surface area contributed by atoms with Crippen molar-refractivity contribution >= 4 is 17.8 Å². The fourth-order valence-corrected chi connectivity index (χ4v) is 11.7. The highest BCUT2D eigenvalue weighted by atomic mass is 16.7. The standard InChI is InChI=1S/C51H81N3O13/c1-14-16-22-52(12)37-25-30(4)64-48(41(37)55)67-44-31(5)40(38-27-50(10,63-13)43(57)34(8)65-38)32(6)47(60)66-39(15-2)51(11,62)42(56)33(7)53(28-29(3)26-49(44,9)61)23-19-24-54-45(58)35-20-17-18-21-36(35)46(54)59/h1,17-18,20-21,29-34,37-44,48,55-57,61-62H,15-16,19,22-28H2,2-13H3/t29-,30-,31+,32-,33-,34+,37+,38?,39-,40+,41-,42-,43+,44-,48+,49-,50-,51-/m1/s1. The maximum atomic E-state index is 14.7.